The van der Waals surface area contributed by atoms with Crippen molar-refractivity contribution in [3.63, 3.8) is 0 Å². The first-order valence-electron chi connectivity index (χ1n) is 6.91. The molecule has 1 N–H and O–H groups in total. The first-order valence-corrected chi connectivity index (χ1v) is 8.88. The molecule has 3 rings (SSSR count). The van der Waals surface area contributed by atoms with Crippen LogP contribution in [0.2, 0.25) is 0 Å². The van der Waals surface area contributed by atoms with Crippen LogP contribution in [-0.4, -0.2) is 21.8 Å². The van der Waals surface area contributed by atoms with E-state index in [1.165, 1.54) is 17.0 Å². The highest BCUT2D eigenvalue weighted by molar-refractivity contribution is 7.99. The molecule has 1 aliphatic carbocycles. The van der Waals surface area contributed by atoms with Crippen molar-refractivity contribution in [1.82, 2.24) is 10.1 Å². The van der Waals surface area contributed by atoms with Gasteiger partial charge in [0.25, 0.3) is 0 Å². The summed E-state index contributed by atoms with van der Waals surface area (Å²) in [6.07, 6.45) is 3.34. The zero-order valence-corrected chi connectivity index (χ0v) is 13.7. The molecule has 0 aromatic carbocycles. The van der Waals surface area contributed by atoms with Gasteiger partial charge in [0.05, 0.1) is 17.1 Å². The topological polar surface area (TPSA) is 68.0 Å². The molecule has 0 saturated carbocycles. The van der Waals surface area contributed by atoms with Crippen LogP contribution >= 0.6 is 23.1 Å². The average molecular weight is 323 g/mol. The number of rotatable bonds is 5. The smallest absolute Gasteiger partial charge is 0.236 e. The molecule has 21 heavy (non-hydrogen) atoms. The lowest BCUT2D eigenvalue weighted by molar-refractivity contribution is -0.113. The van der Waals surface area contributed by atoms with Gasteiger partial charge < -0.3 is 9.84 Å². The summed E-state index contributed by atoms with van der Waals surface area (Å²) in [6, 6.07) is 0. The Kier molecular flexibility index (Phi) is 4.30. The molecule has 0 aliphatic heterocycles. The second-order valence-corrected chi connectivity index (χ2v) is 7.16. The number of hydrogen-bond donors (Lipinski definition) is 1. The predicted octanol–water partition coefficient (Wildman–Crippen LogP) is 3.11. The summed E-state index contributed by atoms with van der Waals surface area (Å²) in [7, 11) is 0. The molecule has 0 fully saturated rings. The molecule has 0 radical (unpaired) electrons. The molecule has 0 spiro atoms. The summed E-state index contributed by atoms with van der Waals surface area (Å²) in [4.78, 5) is 17.7. The van der Waals surface area contributed by atoms with E-state index >= 15 is 0 Å². The molecule has 0 bridgehead atoms. The molecule has 112 valence electrons. The van der Waals surface area contributed by atoms with Gasteiger partial charge in [-0.15, -0.1) is 23.1 Å². The molecule has 2 heterocycles. The quantitative estimate of drug-likeness (QED) is 0.915. The molecule has 7 heteroatoms. The molecular weight excluding hydrogens is 306 g/mol. The number of thioether (sulfide) groups is 1. The average Bonchev–Trinajstić information content (AvgIpc) is 3.08. The van der Waals surface area contributed by atoms with Gasteiger partial charge in [-0.25, -0.2) is 4.98 Å². The van der Waals surface area contributed by atoms with Gasteiger partial charge in [0, 0.05) is 16.2 Å². The van der Waals surface area contributed by atoms with Crippen LogP contribution in [0.15, 0.2) is 4.52 Å². The van der Waals surface area contributed by atoms with Gasteiger partial charge in [0.1, 0.15) is 5.76 Å². The highest BCUT2D eigenvalue weighted by Crippen LogP contribution is 2.30. The first-order chi connectivity index (χ1) is 10.1. The zero-order chi connectivity index (χ0) is 14.8. The van der Waals surface area contributed by atoms with Crippen molar-refractivity contribution >= 4 is 34.1 Å². The van der Waals surface area contributed by atoms with Gasteiger partial charge in [-0.3, -0.25) is 4.79 Å². The maximum Gasteiger partial charge on any atom is 0.236 e. The third-order valence-corrected chi connectivity index (χ3v) is 5.53. The van der Waals surface area contributed by atoms with Gasteiger partial charge in [0.15, 0.2) is 5.13 Å². The monoisotopic (exact) mass is 323 g/mol. The van der Waals surface area contributed by atoms with Crippen molar-refractivity contribution in [3.05, 3.63) is 27.6 Å². The lowest BCUT2D eigenvalue weighted by atomic mass is 10.2. The van der Waals surface area contributed by atoms with E-state index < -0.39 is 0 Å². The van der Waals surface area contributed by atoms with Gasteiger partial charge >= 0.3 is 0 Å². The van der Waals surface area contributed by atoms with Crippen LogP contribution in [-0.2, 0) is 23.4 Å². The largest absolute Gasteiger partial charge is 0.361 e. The van der Waals surface area contributed by atoms with E-state index in [2.05, 4.69) is 15.5 Å². The summed E-state index contributed by atoms with van der Waals surface area (Å²) in [6.45, 7) is 3.82. The Morgan fingerprint density at radius 2 is 2.29 bits per heavy atom. The van der Waals surface area contributed by atoms with E-state index in [-0.39, 0.29) is 5.91 Å². The number of nitrogens with zero attached hydrogens (tertiary/aromatic N) is 2. The van der Waals surface area contributed by atoms with Crippen LogP contribution in [0.25, 0.3) is 0 Å². The van der Waals surface area contributed by atoms with E-state index in [0.717, 1.165) is 40.7 Å². The van der Waals surface area contributed by atoms with Gasteiger partial charge in [-0.1, -0.05) is 5.16 Å². The number of nitrogens with one attached hydrogen (secondary N) is 1. The van der Waals surface area contributed by atoms with Crippen molar-refractivity contribution in [1.29, 1.82) is 0 Å². The van der Waals surface area contributed by atoms with E-state index in [1.807, 2.05) is 13.8 Å². The Morgan fingerprint density at radius 1 is 1.43 bits per heavy atom. The minimum Gasteiger partial charge on any atom is -0.361 e. The number of aryl methyl sites for hydroxylation is 4. The van der Waals surface area contributed by atoms with Crippen LogP contribution in [0, 0.1) is 13.8 Å². The summed E-state index contributed by atoms with van der Waals surface area (Å²) in [5.74, 6) is 1.98. The Balaban J connectivity index is 1.48. The number of carbonyl (C=O) groups is 1. The lowest BCUT2D eigenvalue weighted by Crippen LogP contribution is -2.14. The minimum absolute atomic E-state index is 0.000756. The first kappa shape index (κ1) is 14.6. The number of anilines is 1. The zero-order valence-electron chi connectivity index (χ0n) is 12.1. The van der Waals surface area contributed by atoms with Crippen molar-refractivity contribution in [3.8, 4) is 0 Å². The Morgan fingerprint density at radius 3 is 3.00 bits per heavy atom. The van der Waals surface area contributed by atoms with Crippen molar-refractivity contribution in [2.24, 2.45) is 0 Å². The number of thiazole rings is 1. The van der Waals surface area contributed by atoms with Crippen molar-refractivity contribution in [2.45, 2.75) is 38.9 Å². The fourth-order valence-electron chi connectivity index (χ4n) is 2.35. The Bertz CT molecular complexity index is 622. The summed E-state index contributed by atoms with van der Waals surface area (Å²) in [5.41, 5.74) is 3.15. The maximum atomic E-state index is 11.9. The second kappa shape index (κ2) is 6.19. The van der Waals surface area contributed by atoms with Crippen LogP contribution in [0.4, 0.5) is 5.13 Å². The van der Waals surface area contributed by atoms with E-state index in [4.69, 9.17) is 4.52 Å². The van der Waals surface area contributed by atoms with Crippen LogP contribution in [0.3, 0.4) is 0 Å². The Hall–Kier alpha value is -1.34. The lowest BCUT2D eigenvalue weighted by Gasteiger charge is -2.02. The van der Waals surface area contributed by atoms with Crippen molar-refractivity contribution in [2.75, 3.05) is 11.1 Å². The fraction of sp³-hybridized carbons (Fsp3) is 0.500. The van der Waals surface area contributed by atoms with Gasteiger partial charge in [0.2, 0.25) is 5.91 Å². The number of fused-ring (bicyclic) bond motifs is 1. The van der Waals surface area contributed by atoms with Crippen LogP contribution in [0.5, 0.6) is 0 Å². The molecule has 2 aromatic heterocycles. The molecule has 0 unspecified atom stereocenters. The third-order valence-electron chi connectivity index (χ3n) is 3.50. The molecule has 0 saturated heterocycles. The molecule has 0 atom stereocenters. The summed E-state index contributed by atoms with van der Waals surface area (Å²) >= 11 is 3.17. The summed E-state index contributed by atoms with van der Waals surface area (Å²) in [5, 5.41) is 7.54. The van der Waals surface area contributed by atoms with Crippen LogP contribution < -0.4 is 5.32 Å². The predicted molar refractivity (Wildman–Crippen MR) is 84.9 cm³/mol. The maximum absolute atomic E-state index is 11.9. The van der Waals surface area contributed by atoms with Gasteiger partial charge in [-0.05, 0) is 33.1 Å². The van der Waals surface area contributed by atoms with E-state index in [0.29, 0.717) is 5.75 Å². The highest BCUT2D eigenvalue weighted by atomic mass is 32.2. The molecule has 2 aromatic rings. The fourth-order valence-corrected chi connectivity index (χ4v) is 4.39. The molecule has 1 amide bonds. The third kappa shape index (κ3) is 3.29. The molecular formula is C14H17N3O2S2. The highest BCUT2D eigenvalue weighted by Gasteiger charge is 2.17. The summed E-state index contributed by atoms with van der Waals surface area (Å²) < 4.78 is 5.11. The second-order valence-electron chi connectivity index (χ2n) is 5.09. The normalized spacial score (nSPS) is 13.4. The SMILES string of the molecule is Cc1noc(C)c1CSCC(=O)Nc1nc2c(s1)CCC2. The molecule has 1 aliphatic rings. The standard InChI is InChI=1S/C14H17N3O2S2/c1-8-10(9(2)19-17-8)6-20-7-13(18)16-14-15-11-4-3-5-12(11)21-14/h3-7H2,1-2H3,(H,15,16,18). The van der Waals surface area contributed by atoms with Crippen molar-refractivity contribution < 1.29 is 9.32 Å². The molecule has 5 nitrogen and oxygen atoms in total. The van der Waals surface area contributed by atoms with Crippen LogP contribution in [0.1, 0.15) is 34.0 Å². The minimum atomic E-state index is -0.000756. The number of carbonyl (C=O) groups excluding carboxylic acids is 1. The van der Waals surface area contributed by atoms with E-state index in [9.17, 15) is 4.79 Å². The number of amides is 1. The number of hydrogen-bond acceptors (Lipinski definition) is 6. The number of aromatic nitrogens is 2. The van der Waals surface area contributed by atoms with Gasteiger partial charge in [-0.2, -0.15) is 0 Å². The Labute approximate surface area is 131 Å². The van der Waals surface area contributed by atoms with E-state index in [1.54, 1.807) is 23.1 Å².